The van der Waals surface area contributed by atoms with Crippen LogP contribution >= 0.6 is 0 Å². The van der Waals surface area contributed by atoms with Gasteiger partial charge in [0.25, 0.3) is 0 Å². The molecule has 0 radical (unpaired) electrons. The smallest absolute Gasteiger partial charge is 0.124 e. The second kappa shape index (κ2) is 5.43. The summed E-state index contributed by atoms with van der Waals surface area (Å²) in [6.45, 7) is 2.05. The molecule has 0 saturated carbocycles. The molecule has 0 spiro atoms. The molecule has 1 aromatic carbocycles. The molecule has 0 bridgehead atoms. The van der Waals surface area contributed by atoms with Crippen molar-refractivity contribution in [1.29, 1.82) is 0 Å². The lowest BCUT2D eigenvalue weighted by Crippen LogP contribution is -2.48. The highest BCUT2D eigenvalue weighted by Crippen LogP contribution is 2.32. The minimum Gasteiger partial charge on any atom is -0.317 e. The molecule has 3 nitrogen and oxygen atoms in total. The minimum absolute atomic E-state index is 0.0326. The van der Waals surface area contributed by atoms with E-state index in [4.69, 9.17) is 0 Å². The molecule has 0 aliphatic carbocycles. The fourth-order valence-corrected chi connectivity index (χ4v) is 2.76. The predicted molar refractivity (Wildman–Crippen MR) is 69.1 cm³/mol. The van der Waals surface area contributed by atoms with Crippen LogP contribution < -0.4 is 10.6 Å². The third-order valence-electron chi connectivity index (χ3n) is 3.77. The van der Waals surface area contributed by atoms with Gasteiger partial charge in [0, 0.05) is 12.0 Å². The van der Waals surface area contributed by atoms with E-state index in [1.54, 1.807) is 0 Å². The van der Waals surface area contributed by atoms with Crippen molar-refractivity contribution in [3.63, 3.8) is 0 Å². The van der Waals surface area contributed by atoms with Crippen LogP contribution in [0.15, 0.2) is 24.3 Å². The topological polar surface area (TPSA) is 41.1 Å². The lowest BCUT2D eigenvalue weighted by molar-refractivity contribution is -0.107. The van der Waals surface area contributed by atoms with Crippen molar-refractivity contribution < 1.29 is 4.79 Å². The van der Waals surface area contributed by atoms with Crippen molar-refractivity contribution in [2.75, 3.05) is 20.1 Å². The highest BCUT2D eigenvalue weighted by molar-refractivity contribution is 5.57. The van der Waals surface area contributed by atoms with Crippen molar-refractivity contribution >= 4 is 6.29 Å². The Labute approximate surface area is 103 Å². The van der Waals surface area contributed by atoms with Crippen LogP contribution in [0.5, 0.6) is 0 Å². The lowest BCUT2D eigenvalue weighted by Gasteiger charge is -2.39. The molecule has 1 heterocycles. The number of aldehydes is 1. The molecule has 0 amide bonds. The Bertz CT molecular complexity index is 384. The maximum atomic E-state index is 10.8. The molecular formula is C14H20N2O. The van der Waals surface area contributed by atoms with Gasteiger partial charge < -0.3 is 15.4 Å². The number of hydrogen-bond donors (Lipinski definition) is 2. The first-order valence-electron chi connectivity index (χ1n) is 6.24. The van der Waals surface area contributed by atoms with Crippen LogP contribution in [0.2, 0.25) is 0 Å². The highest BCUT2D eigenvalue weighted by Gasteiger charge is 2.33. The van der Waals surface area contributed by atoms with Gasteiger partial charge in [0.2, 0.25) is 0 Å². The molecule has 0 aromatic heterocycles. The van der Waals surface area contributed by atoms with Gasteiger partial charge >= 0.3 is 0 Å². The van der Waals surface area contributed by atoms with Gasteiger partial charge in [-0.2, -0.15) is 0 Å². The van der Waals surface area contributed by atoms with Gasteiger partial charge in [-0.15, -0.1) is 0 Å². The van der Waals surface area contributed by atoms with Gasteiger partial charge in [0.15, 0.2) is 0 Å². The van der Waals surface area contributed by atoms with E-state index in [9.17, 15) is 4.79 Å². The van der Waals surface area contributed by atoms with Crippen LogP contribution in [0.1, 0.15) is 24.0 Å². The van der Waals surface area contributed by atoms with Gasteiger partial charge in [0.05, 0.1) is 0 Å². The molecule has 92 valence electrons. The van der Waals surface area contributed by atoms with E-state index < -0.39 is 0 Å². The summed E-state index contributed by atoms with van der Waals surface area (Å²) < 4.78 is 0. The van der Waals surface area contributed by atoms with Gasteiger partial charge in [-0.1, -0.05) is 24.3 Å². The maximum Gasteiger partial charge on any atom is 0.124 e. The Balaban J connectivity index is 2.38. The van der Waals surface area contributed by atoms with Crippen LogP contribution in [0.4, 0.5) is 0 Å². The van der Waals surface area contributed by atoms with E-state index in [0.717, 1.165) is 37.8 Å². The van der Waals surface area contributed by atoms with Crippen molar-refractivity contribution in [3.8, 4) is 0 Å². The second-order valence-corrected chi connectivity index (χ2v) is 4.61. The number of carbonyl (C=O) groups is 1. The molecule has 1 aromatic rings. The summed E-state index contributed by atoms with van der Waals surface area (Å²) in [4.78, 5) is 10.8. The third kappa shape index (κ3) is 2.40. The second-order valence-electron chi connectivity index (χ2n) is 4.61. The van der Waals surface area contributed by atoms with E-state index in [2.05, 4.69) is 28.8 Å². The zero-order chi connectivity index (χ0) is 12.1. The summed E-state index contributed by atoms with van der Waals surface area (Å²) >= 11 is 0. The molecule has 1 aliphatic rings. The number of benzene rings is 1. The molecular weight excluding hydrogens is 212 g/mol. The minimum atomic E-state index is 0.0326. The van der Waals surface area contributed by atoms with E-state index >= 15 is 0 Å². The van der Waals surface area contributed by atoms with E-state index in [-0.39, 0.29) is 5.54 Å². The monoisotopic (exact) mass is 232 g/mol. The van der Waals surface area contributed by atoms with Gasteiger partial charge in [-0.05, 0) is 44.1 Å². The maximum absolute atomic E-state index is 10.8. The van der Waals surface area contributed by atoms with E-state index in [0.29, 0.717) is 6.42 Å². The summed E-state index contributed by atoms with van der Waals surface area (Å²) in [5.74, 6) is 0. The Hall–Kier alpha value is -1.19. The number of hydrogen-bond acceptors (Lipinski definition) is 3. The summed E-state index contributed by atoms with van der Waals surface area (Å²) in [6.07, 6.45) is 3.63. The summed E-state index contributed by atoms with van der Waals surface area (Å²) in [5, 5.41) is 6.86. The fraction of sp³-hybridized carbons (Fsp3) is 0.500. The quantitative estimate of drug-likeness (QED) is 0.767. The lowest BCUT2D eigenvalue weighted by atomic mass is 9.79. The number of rotatable bonds is 4. The third-order valence-corrected chi connectivity index (χ3v) is 3.77. The molecule has 0 unspecified atom stereocenters. The van der Waals surface area contributed by atoms with Gasteiger partial charge in [-0.3, -0.25) is 0 Å². The van der Waals surface area contributed by atoms with Crippen molar-refractivity contribution in [3.05, 3.63) is 35.4 Å². The Kier molecular flexibility index (Phi) is 3.92. The van der Waals surface area contributed by atoms with Crippen molar-refractivity contribution in [2.24, 2.45) is 0 Å². The Morgan fingerprint density at radius 3 is 2.71 bits per heavy atom. The predicted octanol–water partition coefficient (Wildman–Crippen LogP) is 1.23. The van der Waals surface area contributed by atoms with Crippen molar-refractivity contribution in [2.45, 2.75) is 24.8 Å². The molecule has 1 saturated heterocycles. The largest absolute Gasteiger partial charge is 0.317 e. The number of carbonyl (C=O) groups excluding carboxylic acids is 1. The SMILES string of the molecule is CNC1(c2ccccc2CC=O)CCNCC1. The van der Waals surface area contributed by atoms with Gasteiger partial charge in [-0.25, -0.2) is 0 Å². The fourth-order valence-electron chi connectivity index (χ4n) is 2.76. The molecule has 3 heteroatoms. The Morgan fingerprint density at radius 1 is 1.35 bits per heavy atom. The van der Waals surface area contributed by atoms with Crippen LogP contribution in [0.25, 0.3) is 0 Å². The van der Waals surface area contributed by atoms with Crippen LogP contribution in [-0.4, -0.2) is 26.4 Å². The van der Waals surface area contributed by atoms with Crippen LogP contribution in [-0.2, 0) is 16.8 Å². The number of piperidine rings is 1. The summed E-state index contributed by atoms with van der Waals surface area (Å²) in [6, 6.07) is 8.28. The summed E-state index contributed by atoms with van der Waals surface area (Å²) in [5.41, 5.74) is 2.47. The van der Waals surface area contributed by atoms with E-state index in [1.807, 2.05) is 13.1 Å². The normalized spacial score (nSPS) is 18.9. The molecule has 1 fully saturated rings. The first-order valence-corrected chi connectivity index (χ1v) is 6.24. The zero-order valence-corrected chi connectivity index (χ0v) is 10.3. The first kappa shape index (κ1) is 12.3. The standard InChI is InChI=1S/C14H20N2O/c1-15-14(7-9-16-10-8-14)13-5-3-2-4-12(13)6-11-17/h2-5,11,15-16H,6-10H2,1H3. The number of nitrogens with one attached hydrogen (secondary N) is 2. The van der Waals surface area contributed by atoms with E-state index in [1.165, 1.54) is 5.56 Å². The summed E-state index contributed by atoms with van der Waals surface area (Å²) in [7, 11) is 2.02. The average Bonchev–Trinajstić information content (AvgIpc) is 2.40. The first-order chi connectivity index (χ1) is 8.32. The Morgan fingerprint density at radius 2 is 2.06 bits per heavy atom. The zero-order valence-electron chi connectivity index (χ0n) is 10.3. The van der Waals surface area contributed by atoms with Crippen LogP contribution in [0, 0.1) is 0 Å². The molecule has 2 rings (SSSR count). The molecule has 0 atom stereocenters. The highest BCUT2D eigenvalue weighted by atomic mass is 16.1. The van der Waals surface area contributed by atoms with Crippen molar-refractivity contribution in [1.82, 2.24) is 10.6 Å². The average molecular weight is 232 g/mol. The molecule has 1 aliphatic heterocycles. The van der Waals surface area contributed by atoms with Crippen LogP contribution in [0.3, 0.4) is 0 Å². The van der Waals surface area contributed by atoms with Gasteiger partial charge in [0.1, 0.15) is 6.29 Å². The molecule has 2 N–H and O–H groups in total. The molecule has 17 heavy (non-hydrogen) atoms.